The normalized spacial score (nSPS) is 22.1. The molecule has 1 fully saturated rings. The molecule has 0 aliphatic carbocycles. The first-order valence-corrected chi connectivity index (χ1v) is 15.8. The molecule has 230 valence electrons. The Bertz CT molecular complexity index is 1770. The highest BCUT2D eigenvalue weighted by molar-refractivity contribution is 8.09. The Morgan fingerprint density at radius 2 is 2.00 bits per heavy atom. The summed E-state index contributed by atoms with van der Waals surface area (Å²) in [6, 6.07) is 11.7. The van der Waals surface area contributed by atoms with Gasteiger partial charge in [-0.3, -0.25) is 19.1 Å². The zero-order valence-corrected chi connectivity index (χ0v) is 24.9. The number of aromatic nitrogens is 4. The summed E-state index contributed by atoms with van der Waals surface area (Å²) in [5.41, 5.74) is 4.35. The molecule has 2 aromatic carbocycles. The number of alkyl halides is 2. The van der Waals surface area contributed by atoms with E-state index in [4.69, 9.17) is 36.1 Å². The van der Waals surface area contributed by atoms with E-state index in [1.807, 2.05) is 24.3 Å². The van der Waals surface area contributed by atoms with Crippen LogP contribution in [-0.4, -0.2) is 67.5 Å². The van der Waals surface area contributed by atoms with Crippen LogP contribution < -0.4 is 20.9 Å². The van der Waals surface area contributed by atoms with E-state index in [0.717, 1.165) is 21.7 Å². The number of nitrogens with two attached hydrogens (primary N) is 1. The summed E-state index contributed by atoms with van der Waals surface area (Å²) in [4.78, 5) is 34.6. The van der Waals surface area contributed by atoms with Gasteiger partial charge in [0.2, 0.25) is 12.2 Å². The van der Waals surface area contributed by atoms with Gasteiger partial charge in [-0.2, -0.15) is 13.8 Å². The molecule has 2 aromatic heterocycles. The lowest BCUT2D eigenvalue weighted by molar-refractivity contribution is -0.149. The number of esters is 1. The van der Waals surface area contributed by atoms with Gasteiger partial charge in [-0.25, -0.2) is 10.1 Å². The zero-order valence-electron chi connectivity index (χ0n) is 23.1. The predicted octanol–water partition coefficient (Wildman–Crippen LogP) is 3.00. The van der Waals surface area contributed by atoms with Crippen molar-refractivity contribution in [1.29, 1.82) is 0 Å². The number of hydrogen-bond donors (Lipinski definition) is 4. The minimum absolute atomic E-state index is 0.242. The second-order valence-corrected chi connectivity index (χ2v) is 13.3. The SMILES string of the molecule is CC(C)OC(=O)[C@H](C)NP(=S)(OC[C@H]1O[C@@H](n2cnc3c(=O)[nH]c(N)nc32)C(F)(F)[C@@H]1O)Oc1ccc2ccccc2c1. The fraction of sp³-hybridized carbons (Fsp3) is 0.385. The first kappa shape index (κ1) is 30.9. The van der Waals surface area contributed by atoms with Crippen molar-refractivity contribution >= 4 is 52.3 Å². The third-order valence-corrected chi connectivity index (χ3v) is 8.99. The van der Waals surface area contributed by atoms with Crippen molar-refractivity contribution in [3.8, 4) is 5.75 Å². The second-order valence-electron chi connectivity index (χ2n) is 10.2. The van der Waals surface area contributed by atoms with Gasteiger partial charge < -0.3 is 29.4 Å². The van der Waals surface area contributed by atoms with Crippen molar-refractivity contribution in [2.45, 2.75) is 57.3 Å². The van der Waals surface area contributed by atoms with Crippen LogP contribution >= 0.6 is 6.64 Å². The minimum Gasteiger partial charge on any atom is -0.462 e. The number of ether oxygens (including phenoxy) is 2. The largest absolute Gasteiger partial charge is 0.462 e. The Labute approximate surface area is 248 Å². The standard InChI is InChI=1S/C26H29F2N6O7PS/c1-13(2)39-23(37)14(3)33-42(43,41-17-9-8-15-6-4-5-7-16(15)10-17)38-11-18-20(35)26(27,28)24(40-18)34-12-30-19-21(34)31-25(29)32-22(19)36/h4-10,12-14,18,20,24,35H,11H2,1-3H3,(H,33,43)(H3,29,31,32,36)/t14-,18+,20+,24+,42?/m0/s1. The second kappa shape index (κ2) is 11.9. The molecule has 0 saturated carbocycles. The number of aliphatic hydroxyl groups is 1. The van der Waals surface area contributed by atoms with Gasteiger partial charge in [0.15, 0.2) is 17.3 Å². The highest BCUT2D eigenvalue weighted by atomic mass is 32.5. The Morgan fingerprint density at radius 3 is 2.72 bits per heavy atom. The van der Waals surface area contributed by atoms with Crippen LogP contribution in [0.25, 0.3) is 21.9 Å². The number of aromatic amines is 1. The number of nitrogen functional groups attached to an aromatic ring is 1. The van der Waals surface area contributed by atoms with Crippen LogP contribution in [-0.2, 0) is 30.6 Å². The Kier molecular flexibility index (Phi) is 8.53. The Balaban J connectivity index is 1.39. The number of aliphatic hydroxyl groups excluding tert-OH is 1. The van der Waals surface area contributed by atoms with Gasteiger partial charge in [-0.1, -0.05) is 30.3 Å². The molecule has 5 rings (SSSR count). The van der Waals surface area contributed by atoms with Crippen LogP contribution in [0.2, 0.25) is 0 Å². The third kappa shape index (κ3) is 6.39. The van der Waals surface area contributed by atoms with E-state index in [9.17, 15) is 14.7 Å². The number of H-pyrrole nitrogens is 1. The lowest BCUT2D eigenvalue weighted by Gasteiger charge is -2.28. The summed E-state index contributed by atoms with van der Waals surface area (Å²) >= 11 is 5.69. The number of anilines is 1. The van der Waals surface area contributed by atoms with Gasteiger partial charge in [-0.05, 0) is 55.5 Å². The van der Waals surface area contributed by atoms with Crippen LogP contribution in [0.1, 0.15) is 27.0 Å². The Hall–Kier alpha value is -3.53. The molecular weight excluding hydrogens is 609 g/mol. The molecule has 0 spiro atoms. The summed E-state index contributed by atoms with van der Waals surface area (Å²) in [6.45, 7) is 0.534. The molecular formula is C26H29F2N6O7PS. The van der Waals surface area contributed by atoms with Crippen LogP contribution in [0.4, 0.5) is 14.7 Å². The van der Waals surface area contributed by atoms with E-state index < -0.39 is 61.3 Å². The van der Waals surface area contributed by atoms with Crippen LogP contribution in [0.5, 0.6) is 5.75 Å². The van der Waals surface area contributed by atoms with Crippen molar-refractivity contribution in [3.05, 3.63) is 59.1 Å². The number of nitrogens with zero attached hydrogens (tertiary/aromatic N) is 3. The fourth-order valence-electron chi connectivity index (χ4n) is 4.47. The maximum Gasteiger partial charge on any atom is 0.323 e. The summed E-state index contributed by atoms with van der Waals surface area (Å²) in [6.07, 6.45) is -5.54. The first-order valence-electron chi connectivity index (χ1n) is 13.1. The fourth-order valence-corrected chi connectivity index (χ4v) is 6.88. The maximum atomic E-state index is 15.3. The van der Waals surface area contributed by atoms with E-state index in [0.29, 0.717) is 5.75 Å². The maximum absolute atomic E-state index is 15.3. The van der Waals surface area contributed by atoms with E-state index in [2.05, 4.69) is 20.0 Å². The molecule has 43 heavy (non-hydrogen) atoms. The molecule has 0 amide bonds. The van der Waals surface area contributed by atoms with Gasteiger partial charge in [0.1, 0.15) is 17.9 Å². The predicted molar refractivity (Wildman–Crippen MR) is 156 cm³/mol. The van der Waals surface area contributed by atoms with E-state index in [1.54, 1.807) is 32.0 Å². The van der Waals surface area contributed by atoms with Crippen LogP contribution in [0.15, 0.2) is 53.6 Å². The number of fused-ring (bicyclic) bond motifs is 2. The first-order chi connectivity index (χ1) is 20.3. The van der Waals surface area contributed by atoms with Crippen molar-refractivity contribution in [2.75, 3.05) is 12.3 Å². The van der Waals surface area contributed by atoms with Crippen molar-refractivity contribution in [1.82, 2.24) is 24.6 Å². The van der Waals surface area contributed by atoms with Gasteiger partial charge in [0, 0.05) is 0 Å². The van der Waals surface area contributed by atoms with Crippen molar-refractivity contribution in [2.24, 2.45) is 0 Å². The summed E-state index contributed by atoms with van der Waals surface area (Å²) in [7, 11) is 0. The summed E-state index contributed by atoms with van der Waals surface area (Å²) in [5.74, 6) is -4.52. The van der Waals surface area contributed by atoms with Crippen molar-refractivity contribution < 1.29 is 37.2 Å². The smallest absolute Gasteiger partial charge is 0.323 e. The number of halogens is 2. The highest BCUT2D eigenvalue weighted by Gasteiger charge is 2.60. The molecule has 5 N–H and O–H groups in total. The molecule has 0 bridgehead atoms. The summed E-state index contributed by atoms with van der Waals surface area (Å²) < 4.78 is 54.2. The number of carbonyl (C=O) groups excluding carboxylic acids is 1. The van der Waals surface area contributed by atoms with E-state index in [1.165, 1.54) is 6.92 Å². The topological polar surface area (TPSA) is 176 Å². The number of nitrogens with one attached hydrogen (secondary N) is 2. The number of carbonyl (C=O) groups is 1. The Morgan fingerprint density at radius 1 is 1.28 bits per heavy atom. The molecule has 1 aliphatic rings. The number of rotatable bonds is 10. The molecule has 1 unspecified atom stereocenters. The van der Waals surface area contributed by atoms with Gasteiger partial charge in [-0.15, -0.1) is 0 Å². The number of benzene rings is 2. The molecule has 13 nitrogen and oxygen atoms in total. The minimum atomic E-state index is -3.87. The van der Waals surface area contributed by atoms with Crippen molar-refractivity contribution in [3.63, 3.8) is 0 Å². The van der Waals surface area contributed by atoms with Gasteiger partial charge in [0.25, 0.3) is 5.56 Å². The van der Waals surface area contributed by atoms with E-state index in [-0.39, 0.29) is 17.1 Å². The monoisotopic (exact) mass is 638 g/mol. The molecule has 0 radical (unpaired) electrons. The number of hydrogen-bond acceptors (Lipinski definition) is 11. The molecule has 1 aliphatic heterocycles. The third-order valence-electron chi connectivity index (χ3n) is 6.50. The number of imidazole rings is 1. The van der Waals surface area contributed by atoms with Gasteiger partial charge in [0.05, 0.1) is 19.0 Å². The van der Waals surface area contributed by atoms with Crippen LogP contribution in [0.3, 0.4) is 0 Å². The summed E-state index contributed by atoms with van der Waals surface area (Å²) in [5, 5.41) is 15.2. The lowest BCUT2D eigenvalue weighted by atomic mass is 10.1. The zero-order chi connectivity index (χ0) is 31.1. The quantitative estimate of drug-likeness (QED) is 0.148. The van der Waals surface area contributed by atoms with E-state index >= 15 is 8.78 Å². The molecule has 3 heterocycles. The van der Waals surface area contributed by atoms with Gasteiger partial charge >= 0.3 is 18.5 Å². The molecule has 17 heteroatoms. The van der Waals surface area contributed by atoms with Crippen LogP contribution in [0, 0.1) is 0 Å². The average molecular weight is 639 g/mol. The average Bonchev–Trinajstić information content (AvgIpc) is 3.44. The molecule has 5 atom stereocenters. The molecule has 4 aromatic rings. The lowest BCUT2D eigenvalue weighted by Crippen LogP contribution is -2.40. The highest BCUT2D eigenvalue weighted by Crippen LogP contribution is 2.49. The molecule has 1 saturated heterocycles.